The van der Waals surface area contributed by atoms with Crippen LogP contribution in [0.5, 0.6) is 5.75 Å². The van der Waals surface area contributed by atoms with Crippen LogP contribution in [-0.4, -0.2) is 36.6 Å². The number of fused-ring (bicyclic) bond motifs is 2. The molecule has 0 saturated carbocycles. The highest BCUT2D eigenvalue weighted by molar-refractivity contribution is 5.57. The Morgan fingerprint density at radius 2 is 1.96 bits per heavy atom. The van der Waals surface area contributed by atoms with E-state index >= 15 is 0 Å². The van der Waals surface area contributed by atoms with Crippen molar-refractivity contribution >= 4 is 5.69 Å². The average molecular weight is 309 g/mol. The number of nitrogens with one attached hydrogen (secondary N) is 1. The molecule has 1 aromatic carbocycles. The first-order chi connectivity index (χ1) is 11.3. The molecule has 2 aliphatic rings. The maximum absolute atomic E-state index is 5.23. The molecule has 0 amide bonds. The van der Waals surface area contributed by atoms with Crippen LogP contribution in [0.1, 0.15) is 24.1 Å². The number of likely N-dealkylation sites (tertiary alicyclic amines) is 1. The average Bonchev–Trinajstić information content (AvgIpc) is 2.97. The summed E-state index contributed by atoms with van der Waals surface area (Å²) in [5.41, 5.74) is 4.11. The zero-order valence-electron chi connectivity index (χ0n) is 13.6. The molecule has 120 valence electrons. The molecule has 2 aliphatic heterocycles. The second kappa shape index (κ2) is 5.85. The van der Waals surface area contributed by atoms with Gasteiger partial charge in [-0.1, -0.05) is 12.1 Å². The molecule has 4 nitrogen and oxygen atoms in total. The smallest absolute Gasteiger partial charge is 0.118 e. The standard InChI is InChI=1S/C19H23N3O/c1-23-16-6-4-15(5-7-16)13-22-11-8-19(9-12-22)14-21-17-3-2-10-20-18(17)19/h2-7,10,21H,8-9,11-14H2,1H3. The summed E-state index contributed by atoms with van der Waals surface area (Å²) in [6, 6.07) is 12.6. The van der Waals surface area contributed by atoms with E-state index in [0.717, 1.165) is 31.9 Å². The predicted molar refractivity (Wildman–Crippen MR) is 91.9 cm³/mol. The summed E-state index contributed by atoms with van der Waals surface area (Å²) in [5, 5.41) is 3.54. The molecular formula is C19H23N3O. The number of hydrogen-bond donors (Lipinski definition) is 1. The van der Waals surface area contributed by atoms with Gasteiger partial charge in [-0.25, -0.2) is 0 Å². The largest absolute Gasteiger partial charge is 0.497 e. The first-order valence-electron chi connectivity index (χ1n) is 8.34. The summed E-state index contributed by atoms with van der Waals surface area (Å²) >= 11 is 0. The van der Waals surface area contributed by atoms with Crippen molar-refractivity contribution in [3.05, 3.63) is 53.9 Å². The van der Waals surface area contributed by atoms with Crippen molar-refractivity contribution in [2.45, 2.75) is 24.8 Å². The van der Waals surface area contributed by atoms with Crippen molar-refractivity contribution in [2.75, 3.05) is 32.1 Å². The summed E-state index contributed by atoms with van der Waals surface area (Å²) < 4.78 is 5.23. The van der Waals surface area contributed by atoms with E-state index in [-0.39, 0.29) is 5.41 Å². The fourth-order valence-corrected chi connectivity index (χ4v) is 3.86. The Bertz CT molecular complexity index is 675. The number of nitrogens with zero attached hydrogens (tertiary/aromatic N) is 2. The molecule has 4 rings (SSSR count). The van der Waals surface area contributed by atoms with Gasteiger partial charge >= 0.3 is 0 Å². The van der Waals surface area contributed by atoms with Gasteiger partial charge in [-0.2, -0.15) is 0 Å². The maximum atomic E-state index is 5.23. The highest BCUT2D eigenvalue weighted by Crippen LogP contribution is 2.42. The van der Waals surface area contributed by atoms with Gasteiger partial charge in [0.15, 0.2) is 0 Å². The number of methoxy groups -OCH3 is 1. The quantitative estimate of drug-likeness (QED) is 0.945. The molecule has 0 radical (unpaired) electrons. The van der Waals surface area contributed by atoms with Gasteiger partial charge < -0.3 is 10.1 Å². The topological polar surface area (TPSA) is 37.4 Å². The summed E-state index contributed by atoms with van der Waals surface area (Å²) in [5.74, 6) is 0.922. The Balaban J connectivity index is 1.41. The Hall–Kier alpha value is -2.07. The Kier molecular flexibility index (Phi) is 3.69. The lowest BCUT2D eigenvalue weighted by atomic mass is 9.77. The lowest BCUT2D eigenvalue weighted by Gasteiger charge is -2.38. The molecule has 1 N–H and O–H groups in total. The van der Waals surface area contributed by atoms with E-state index in [2.05, 4.69) is 33.4 Å². The monoisotopic (exact) mass is 309 g/mol. The lowest BCUT2D eigenvalue weighted by Crippen LogP contribution is -2.43. The highest BCUT2D eigenvalue weighted by atomic mass is 16.5. The molecule has 1 spiro atoms. The van der Waals surface area contributed by atoms with Crippen molar-refractivity contribution in [1.29, 1.82) is 0 Å². The number of benzene rings is 1. The Morgan fingerprint density at radius 1 is 1.17 bits per heavy atom. The molecule has 1 aromatic heterocycles. The number of rotatable bonds is 3. The zero-order chi connectivity index (χ0) is 15.7. The van der Waals surface area contributed by atoms with Crippen LogP contribution in [0, 0.1) is 0 Å². The van der Waals surface area contributed by atoms with E-state index in [1.54, 1.807) is 7.11 Å². The summed E-state index contributed by atoms with van der Waals surface area (Å²) in [4.78, 5) is 7.22. The number of pyridine rings is 1. The number of hydrogen-bond acceptors (Lipinski definition) is 4. The second-order valence-corrected chi connectivity index (χ2v) is 6.66. The van der Waals surface area contributed by atoms with Crippen molar-refractivity contribution in [2.24, 2.45) is 0 Å². The third-order valence-electron chi connectivity index (χ3n) is 5.31. The fraction of sp³-hybridized carbons (Fsp3) is 0.421. The Morgan fingerprint density at radius 3 is 2.70 bits per heavy atom. The van der Waals surface area contributed by atoms with Crippen molar-refractivity contribution in [1.82, 2.24) is 9.88 Å². The third-order valence-corrected chi connectivity index (χ3v) is 5.31. The van der Waals surface area contributed by atoms with E-state index in [9.17, 15) is 0 Å². The van der Waals surface area contributed by atoms with Crippen molar-refractivity contribution in [3.63, 3.8) is 0 Å². The molecule has 0 unspecified atom stereocenters. The van der Waals surface area contributed by atoms with Crippen LogP contribution >= 0.6 is 0 Å². The van der Waals surface area contributed by atoms with Crippen LogP contribution < -0.4 is 10.1 Å². The van der Waals surface area contributed by atoms with Crippen molar-refractivity contribution < 1.29 is 4.74 Å². The predicted octanol–water partition coefficient (Wildman–Crippen LogP) is 3.05. The molecule has 2 aromatic rings. The second-order valence-electron chi connectivity index (χ2n) is 6.66. The lowest BCUT2D eigenvalue weighted by molar-refractivity contribution is 0.160. The van der Waals surface area contributed by atoms with Gasteiger partial charge in [0.2, 0.25) is 0 Å². The zero-order valence-corrected chi connectivity index (χ0v) is 13.6. The summed E-state index contributed by atoms with van der Waals surface area (Å²) in [6.45, 7) is 4.31. The van der Waals surface area contributed by atoms with E-state index < -0.39 is 0 Å². The number of piperidine rings is 1. The van der Waals surface area contributed by atoms with E-state index in [1.165, 1.54) is 29.8 Å². The minimum absolute atomic E-state index is 0.243. The molecule has 4 heteroatoms. The molecule has 0 aliphatic carbocycles. The van der Waals surface area contributed by atoms with Crippen LogP contribution in [0.4, 0.5) is 5.69 Å². The van der Waals surface area contributed by atoms with Gasteiger partial charge in [0.1, 0.15) is 5.75 Å². The summed E-state index contributed by atoms with van der Waals surface area (Å²) in [7, 11) is 1.71. The van der Waals surface area contributed by atoms with Crippen molar-refractivity contribution in [3.8, 4) is 5.75 Å². The van der Waals surface area contributed by atoms with E-state index in [0.29, 0.717) is 0 Å². The third kappa shape index (κ3) is 2.68. The van der Waals surface area contributed by atoms with Gasteiger partial charge in [-0.15, -0.1) is 0 Å². The van der Waals surface area contributed by atoms with Crippen LogP contribution in [-0.2, 0) is 12.0 Å². The SMILES string of the molecule is COc1ccc(CN2CCC3(CC2)CNc2cccnc23)cc1. The van der Waals surface area contributed by atoms with Gasteiger partial charge in [0.05, 0.1) is 18.5 Å². The first kappa shape index (κ1) is 14.5. The van der Waals surface area contributed by atoms with Crippen LogP contribution in [0.3, 0.4) is 0 Å². The van der Waals surface area contributed by atoms with Gasteiger partial charge in [-0.3, -0.25) is 9.88 Å². The number of ether oxygens (including phenoxy) is 1. The Labute approximate surface area is 137 Å². The maximum Gasteiger partial charge on any atom is 0.118 e. The molecule has 0 bridgehead atoms. The van der Waals surface area contributed by atoms with Crippen LogP contribution in [0.2, 0.25) is 0 Å². The van der Waals surface area contributed by atoms with Gasteiger partial charge in [0, 0.05) is 24.7 Å². The minimum atomic E-state index is 0.243. The minimum Gasteiger partial charge on any atom is -0.497 e. The highest BCUT2D eigenvalue weighted by Gasteiger charge is 2.42. The summed E-state index contributed by atoms with van der Waals surface area (Å²) in [6.07, 6.45) is 4.29. The molecule has 23 heavy (non-hydrogen) atoms. The number of anilines is 1. The fourth-order valence-electron chi connectivity index (χ4n) is 3.86. The van der Waals surface area contributed by atoms with Crippen LogP contribution in [0.15, 0.2) is 42.6 Å². The van der Waals surface area contributed by atoms with Gasteiger partial charge in [-0.05, 0) is 55.8 Å². The normalized spacial score (nSPS) is 19.3. The first-order valence-corrected chi connectivity index (χ1v) is 8.34. The molecule has 1 saturated heterocycles. The molecule has 1 fully saturated rings. The molecule has 3 heterocycles. The van der Waals surface area contributed by atoms with Crippen LogP contribution in [0.25, 0.3) is 0 Å². The van der Waals surface area contributed by atoms with E-state index in [4.69, 9.17) is 4.74 Å². The molecular weight excluding hydrogens is 286 g/mol. The number of aromatic nitrogens is 1. The molecule has 0 atom stereocenters. The van der Waals surface area contributed by atoms with Gasteiger partial charge in [0.25, 0.3) is 0 Å². The van der Waals surface area contributed by atoms with E-state index in [1.807, 2.05) is 24.4 Å².